The Bertz CT molecular complexity index is 411. The largest absolute Gasteiger partial charge is 0.480 e. The fourth-order valence-corrected chi connectivity index (χ4v) is 1.21. The molecule has 6 heteroatoms. The van der Waals surface area contributed by atoms with E-state index in [0.29, 0.717) is 5.76 Å². The molecule has 0 radical (unpaired) electrons. The van der Waals surface area contributed by atoms with Crippen molar-refractivity contribution >= 4 is 11.9 Å². The predicted octanol–water partition coefficient (Wildman–Crippen LogP) is 0.696. The number of aromatic nitrogens is 1. The number of aryl methyl sites for hydroxylation is 1. The molecule has 0 saturated heterocycles. The van der Waals surface area contributed by atoms with Gasteiger partial charge < -0.3 is 14.5 Å². The third kappa shape index (κ3) is 2.69. The fourth-order valence-electron chi connectivity index (χ4n) is 1.21. The summed E-state index contributed by atoms with van der Waals surface area (Å²) in [5.41, 5.74) is 0.267. The van der Waals surface area contributed by atoms with Gasteiger partial charge >= 0.3 is 5.97 Å². The van der Waals surface area contributed by atoms with Crippen LogP contribution < -0.4 is 0 Å². The van der Waals surface area contributed by atoms with Crippen LogP contribution in [0.25, 0.3) is 0 Å². The van der Waals surface area contributed by atoms with Crippen LogP contribution in [-0.4, -0.2) is 40.1 Å². The van der Waals surface area contributed by atoms with Gasteiger partial charge in [0, 0.05) is 6.54 Å². The molecule has 0 spiro atoms. The number of hydrogen-bond acceptors (Lipinski definition) is 4. The van der Waals surface area contributed by atoms with Crippen LogP contribution in [0.2, 0.25) is 0 Å². The molecule has 6 nitrogen and oxygen atoms in total. The van der Waals surface area contributed by atoms with Crippen molar-refractivity contribution in [1.82, 2.24) is 10.1 Å². The molecule has 0 saturated carbocycles. The lowest BCUT2D eigenvalue weighted by molar-refractivity contribution is -0.137. The summed E-state index contributed by atoms with van der Waals surface area (Å²) in [5, 5.41) is 12.1. The molecule has 1 amide bonds. The van der Waals surface area contributed by atoms with Crippen molar-refractivity contribution in [3.05, 3.63) is 30.2 Å². The fraction of sp³-hybridized carbons (Fsp3) is 0.300. The summed E-state index contributed by atoms with van der Waals surface area (Å²) >= 11 is 0. The highest BCUT2D eigenvalue weighted by molar-refractivity contribution is 5.96. The van der Waals surface area contributed by atoms with Crippen molar-refractivity contribution in [2.75, 3.05) is 13.1 Å². The van der Waals surface area contributed by atoms with E-state index in [1.807, 2.05) is 0 Å². The van der Waals surface area contributed by atoms with Crippen LogP contribution >= 0.6 is 0 Å². The number of carbonyl (C=O) groups is 2. The summed E-state index contributed by atoms with van der Waals surface area (Å²) in [4.78, 5) is 23.6. The minimum absolute atomic E-state index is 0.162. The second kappa shape index (κ2) is 5.11. The van der Waals surface area contributed by atoms with Crippen LogP contribution in [-0.2, 0) is 4.79 Å². The molecule has 0 aliphatic rings. The Morgan fingerprint density at radius 2 is 2.38 bits per heavy atom. The minimum atomic E-state index is -1.08. The zero-order chi connectivity index (χ0) is 12.1. The van der Waals surface area contributed by atoms with Gasteiger partial charge in [-0.2, -0.15) is 0 Å². The first-order valence-corrected chi connectivity index (χ1v) is 4.59. The van der Waals surface area contributed by atoms with Gasteiger partial charge in [0.1, 0.15) is 17.9 Å². The maximum absolute atomic E-state index is 11.9. The van der Waals surface area contributed by atoms with Crippen molar-refractivity contribution in [1.29, 1.82) is 0 Å². The van der Waals surface area contributed by atoms with Crippen molar-refractivity contribution < 1.29 is 19.2 Å². The number of carbonyl (C=O) groups excluding carboxylic acids is 1. The average Bonchev–Trinajstić information content (AvgIpc) is 2.62. The Morgan fingerprint density at radius 1 is 1.69 bits per heavy atom. The summed E-state index contributed by atoms with van der Waals surface area (Å²) in [6, 6.07) is 0. The van der Waals surface area contributed by atoms with Gasteiger partial charge in [0.15, 0.2) is 0 Å². The molecule has 1 aromatic rings. The molecule has 0 aliphatic carbocycles. The lowest BCUT2D eigenvalue weighted by Crippen LogP contribution is -2.35. The van der Waals surface area contributed by atoms with Gasteiger partial charge in [-0.1, -0.05) is 11.2 Å². The van der Waals surface area contributed by atoms with Crippen LogP contribution in [0.1, 0.15) is 16.1 Å². The lowest BCUT2D eigenvalue weighted by Gasteiger charge is -2.17. The SMILES string of the molecule is C=CCN(CC(=O)O)C(=O)c1cnoc1C. The number of aliphatic carboxylic acids is 1. The van der Waals surface area contributed by atoms with Crippen molar-refractivity contribution in [2.45, 2.75) is 6.92 Å². The number of carboxylic acids is 1. The van der Waals surface area contributed by atoms with E-state index < -0.39 is 11.9 Å². The molecule has 0 aliphatic heterocycles. The normalized spacial score (nSPS) is 9.81. The van der Waals surface area contributed by atoms with E-state index >= 15 is 0 Å². The van der Waals surface area contributed by atoms with Gasteiger partial charge in [-0.15, -0.1) is 6.58 Å². The van der Waals surface area contributed by atoms with E-state index in [1.165, 1.54) is 12.3 Å². The average molecular weight is 224 g/mol. The molecule has 0 unspecified atom stereocenters. The highest BCUT2D eigenvalue weighted by atomic mass is 16.5. The van der Waals surface area contributed by atoms with Gasteiger partial charge in [-0.25, -0.2) is 0 Å². The first-order valence-electron chi connectivity index (χ1n) is 4.59. The van der Waals surface area contributed by atoms with Crippen molar-refractivity contribution in [2.24, 2.45) is 0 Å². The van der Waals surface area contributed by atoms with Crippen LogP contribution in [0.5, 0.6) is 0 Å². The highest BCUT2D eigenvalue weighted by Crippen LogP contribution is 2.09. The number of rotatable bonds is 5. The Labute approximate surface area is 92.1 Å². The number of nitrogens with zero attached hydrogens (tertiary/aromatic N) is 2. The van der Waals surface area contributed by atoms with Gasteiger partial charge in [-0.05, 0) is 6.92 Å². The lowest BCUT2D eigenvalue weighted by atomic mass is 10.2. The molecule has 0 aromatic carbocycles. The van der Waals surface area contributed by atoms with Crippen molar-refractivity contribution in [3.8, 4) is 0 Å². The molecule has 1 aromatic heterocycles. The maximum atomic E-state index is 11.9. The molecule has 86 valence electrons. The third-order valence-electron chi connectivity index (χ3n) is 1.94. The van der Waals surface area contributed by atoms with Crippen LogP contribution in [0.4, 0.5) is 0 Å². The number of hydrogen-bond donors (Lipinski definition) is 1. The van der Waals surface area contributed by atoms with E-state index in [0.717, 1.165) is 4.90 Å². The summed E-state index contributed by atoms with van der Waals surface area (Å²) in [6.07, 6.45) is 2.74. The molecule has 0 fully saturated rings. The molecular weight excluding hydrogens is 212 g/mol. The summed E-state index contributed by atoms with van der Waals surface area (Å²) < 4.78 is 4.75. The molecular formula is C10H12N2O4. The second-order valence-electron chi connectivity index (χ2n) is 3.16. The van der Waals surface area contributed by atoms with Gasteiger partial charge in [-0.3, -0.25) is 9.59 Å². The highest BCUT2D eigenvalue weighted by Gasteiger charge is 2.21. The molecule has 1 rings (SSSR count). The van der Waals surface area contributed by atoms with E-state index in [-0.39, 0.29) is 18.7 Å². The van der Waals surface area contributed by atoms with Crippen LogP contribution in [0.3, 0.4) is 0 Å². The Kier molecular flexibility index (Phi) is 3.82. The number of carboxylic acid groups (broad SMARTS) is 1. The zero-order valence-electron chi connectivity index (χ0n) is 8.84. The smallest absolute Gasteiger partial charge is 0.323 e. The van der Waals surface area contributed by atoms with E-state index in [4.69, 9.17) is 9.63 Å². The molecule has 1 heterocycles. The van der Waals surface area contributed by atoms with E-state index in [1.54, 1.807) is 6.92 Å². The van der Waals surface area contributed by atoms with Gasteiger partial charge in [0.2, 0.25) is 0 Å². The first-order chi connectivity index (χ1) is 7.56. The minimum Gasteiger partial charge on any atom is -0.480 e. The summed E-state index contributed by atoms with van der Waals surface area (Å²) in [6.45, 7) is 4.84. The monoisotopic (exact) mass is 224 g/mol. The quantitative estimate of drug-likeness (QED) is 0.744. The molecule has 0 atom stereocenters. The summed E-state index contributed by atoms with van der Waals surface area (Å²) in [7, 11) is 0. The molecule has 16 heavy (non-hydrogen) atoms. The first kappa shape index (κ1) is 12.0. The van der Waals surface area contributed by atoms with Crippen LogP contribution in [0.15, 0.2) is 23.4 Å². The van der Waals surface area contributed by atoms with E-state index in [2.05, 4.69) is 11.7 Å². The topological polar surface area (TPSA) is 83.6 Å². The Hall–Kier alpha value is -2.11. The molecule has 1 N–H and O–H groups in total. The van der Waals surface area contributed by atoms with Gasteiger partial charge in [0.25, 0.3) is 5.91 Å². The van der Waals surface area contributed by atoms with Crippen molar-refractivity contribution in [3.63, 3.8) is 0 Å². The Balaban J connectivity index is 2.86. The standard InChI is InChI=1S/C10H12N2O4/c1-3-4-12(6-9(13)14)10(15)8-5-11-16-7(8)2/h3,5H,1,4,6H2,2H3,(H,13,14). The van der Waals surface area contributed by atoms with E-state index in [9.17, 15) is 9.59 Å². The maximum Gasteiger partial charge on any atom is 0.323 e. The molecule has 0 bridgehead atoms. The zero-order valence-corrected chi connectivity index (χ0v) is 8.84. The number of amides is 1. The van der Waals surface area contributed by atoms with Gasteiger partial charge in [0.05, 0.1) is 6.20 Å². The second-order valence-corrected chi connectivity index (χ2v) is 3.16. The summed E-state index contributed by atoms with van der Waals surface area (Å²) in [5.74, 6) is -1.14. The third-order valence-corrected chi connectivity index (χ3v) is 1.94. The predicted molar refractivity (Wildman–Crippen MR) is 55.0 cm³/mol. The van der Waals surface area contributed by atoms with Crippen LogP contribution in [0, 0.1) is 6.92 Å². The Morgan fingerprint density at radius 3 is 2.81 bits per heavy atom.